The average Bonchev–Trinajstić information content (AvgIpc) is 2.40. The Balaban J connectivity index is 2.34. The van der Waals surface area contributed by atoms with Gasteiger partial charge in [-0.1, -0.05) is 35.8 Å². The third kappa shape index (κ3) is 2.82. The minimum atomic E-state index is 0.516. The molecule has 2 unspecified atom stereocenters. The first-order valence-electron chi connectivity index (χ1n) is 5.84. The fraction of sp³-hybridized carbons (Fsp3) is 0.538. The lowest BCUT2D eigenvalue weighted by Gasteiger charge is -2.20. The number of hydrogen-bond acceptors (Lipinski definition) is 2. The lowest BCUT2D eigenvalue weighted by molar-refractivity contribution is 0.515. The first kappa shape index (κ1) is 12.5. The van der Waals surface area contributed by atoms with Crippen molar-refractivity contribution in [1.29, 1.82) is 0 Å². The number of hydrogen-bond donors (Lipinski definition) is 1. The summed E-state index contributed by atoms with van der Waals surface area (Å²) in [5.41, 5.74) is 2.97. The van der Waals surface area contributed by atoms with Crippen LogP contribution < -0.4 is 5.32 Å². The highest BCUT2D eigenvalue weighted by molar-refractivity contribution is 9.10. The minimum absolute atomic E-state index is 0.516. The molecule has 0 aliphatic carbocycles. The van der Waals surface area contributed by atoms with Gasteiger partial charge in [0.1, 0.15) is 0 Å². The Kier molecular flexibility index (Phi) is 4.34. The maximum Gasteiger partial charge on any atom is 0.0334 e. The second kappa shape index (κ2) is 5.56. The number of rotatable bonds is 2. The van der Waals surface area contributed by atoms with Gasteiger partial charge in [-0.2, -0.15) is 11.8 Å². The fourth-order valence-corrected chi connectivity index (χ4v) is 3.65. The molecule has 0 saturated heterocycles. The number of thioether (sulfide) groups is 1. The number of nitrogens with one attached hydrogen (secondary N) is 1. The van der Waals surface area contributed by atoms with Crippen molar-refractivity contribution < 1.29 is 0 Å². The molecule has 0 saturated carbocycles. The molecule has 0 spiro atoms. The number of fused-ring (bicyclic) bond motifs is 1. The monoisotopic (exact) mass is 299 g/mol. The van der Waals surface area contributed by atoms with E-state index in [9.17, 15) is 0 Å². The standard InChI is InChI=1S/C13H18BrNS/c1-3-15-13-6-9(2)16-8-10-4-5-11(14)7-12(10)13/h4-5,7,9,13,15H,3,6,8H2,1-2H3. The third-order valence-electron chi connectivity index (χ3n) is 3.02. The van der Waals surface area contributed by atoms with Crippen molar-refractivity contribution in [3.63, 3.8) is 0 Å². The van der Waals surface area contributed by atoms with Crippen LogP contribution in [0.1, 0.15) is 37.4 Å². The van der Waals surface area contributed by atoms with Gasteiger partial charge in [-0.15, -0.1) is 0 Å². The molecular formula is C13H18BrNS. The van der Waals surface area contributed by atoms with Crippen LogP contribution in [0.25, 0.3) is 0 Å². The van der Waals surface area contributed by atoms with Gasteiger partial charge in [0.05, 0.1) is 0 Å². The van der Waals surface area contributed by atoms with Gasteiger partial charge in [0.25, 0.3) is 0 Å². The molecular weight excluding hydrogens is 282 g/mol. The van der Waals surface area contributed by atoms with Crippen LogP contribution in [0.5, 0.6) is 0 Å². The Morgan fingerprint density at radius 2 is 2.31 bits per heavy atom. The topological polar surface area (TPSA) is 12.0 Å². The molecule has 1 aliphatic heterocycles. The van der Waals surface area contributed by atoms with Gasteiger partial charge in [-0.05, 0) is 36.2 Å². The van der Waals surface area contributed by atoms with Gasteiger partial charge in [-0.3, -0.25) is 0 Å². The first-order valence-corrected chi connectivity index (χ1v) is 7.68. The van der Waals surface area contributed by atoms with Crippen LogP contribution in [-0.2, 0) is 5.75 Å². The van der Waals surface area contributed by atoms with E-state index in [4.69, 9.17) is 0 Å². The van der Waals surface area contributed by atoms with Crippen molar-refractivity contribution in [3.8, 4) is 0 Å². The zero-order valence-electron chi connectivity index (χ0n) is 9.79. The van der Waals surface area contributed by atoms with Crippen LogP contribution in [0.2, 0.25) is 0 Å². The summed E-state index contributed by atoms with van der Waals surface area (Å²) >= 11 is 5.64. The van der Waals surface area contributed by atoms with Crippen LogP contribution in [0.4, 0.5) is 0 Å². The van der Waals surface area contributed by atoms with Crippen LogP contribution in [0, 0.1) is 0 Å². The predicted octanol–water partition coefficient (Wildman–Crippen LogP) is 4.13. The molecule has 2 atom stereocenters. The molecule has 3 heteroatoms. The molecule has 1 nitrogen and oxygen atoms in total. The summed E-state index contributed by atoms with van der Waals surface area (Å²) < 4.78 is 1.19. The predicted molar refractivity (Wildman–Crippen MR) is 75.9 cm³/mol. The highest BCUT2D eigenvalue weighted by atomic mass is 79.9. The Hall–Kier alpha value is 0.01000. The van der Waals surface area contributed by atoms with Crippen molar-refractivity contribution in [2.24, 2.45) is 0 Å². The van der Waals surface area contributed by atoms with Crippen LogP contribution in [0.3, 0.4) is 0 Å². The Bertz CT molecular complexity index is 367. The Labute approximate surface area is 111 Å². The van der Waals surface area contributed by atoms with Gasteiger partial charge in [0.15, 0.2) is 0 Å². The first-order chi connectivity index (χ1) is 7.70. The van der Waals surface area contributed by atoms with E-state index in [-0.39, 0.29) is 0 Å². The molecule has 0 amide bonds. The molecule has 16 heavy (non-hydrogen) atoms. The van der Waals surface area contributed by atoms with E-state index >= 15 is 0 Å². The molecule has 0 radical (unpaired) electrons. The molecule has 0 aromatic heterocycles. The summed E-state index contributed by atoms with van der Waals surface area (Å²) in [4.78, 5) is 0. The smallest absolute Gasteiger partial charge is 0.0334 e. The molecule has 1 aliphatic rings. The summed E-state index contributed by atoms with van der Waals surface area (Å²) in [5, 5.41) is 4.34. The molecule has 88 valence electrons. The molecule has 1 heterocycles. The van der Waals surface area contributed by atoms with Gasteiger partial charge < -0.3 is 5.32 Å². The quantitative estimate of drug-likeness (QED) is 0.881. The second-order valence-corrected chi connectivity index (χ2v) is 6.65. The maximum atomic E-state index is 3.60. The SMILES string of the molecule is CCNC1CC(C)SCc2ccc(Br)cc21. The number of benzene rings is 1. The molecule has 0 fully saturated rings. The van der Waals surface area contributed by atoms with Gasteiger partial charge in [-0.25, -0.2) is 0 Å². The lowest BCUT2D eigenvalue weighted by atomic mass is 9.98. The van der Waals surface area contributed by atoms with E-state index in [0.29, 0.717) is 6.04 Å². The summed E-state index contributed by atoms with van der Waals surface area (Å²) in [6.45, 7) is 5.55. The van der Waals surface area contributed by atoms with Gasteiger partial charge in [0, 0.05) is 21.5 Å². The highest BCUT2D eigenvalue weighted by Gasteiger charge is 2.21. The maximum absolute atomic E-state index is 3.60. The zero-order valence-corrected chi connectivity index (χ0v) is 12.2. The minimum Gasteiger partial charge on any atom is -0.310 e. The van der Waals surface area contributed by atoms with Crippen molar-refractivity contribution in [2.75, 3.05) is 6.54 Å². The summed E-state index contributed by atoms with van der Waals surface area (Å²) in [6, 6.07) is 7.21. The molecule has 2 rings (SSSR count). The Morgan fingerprint density at radius 3 is 3.06 bits per heavy atom. The van der Waals surface area contributed by atoms with Crippen molar-refractivity contribution >= 4 is 27.7 Å². The highest BCUT2D eigenvalue weighted by Crippen LogP contribution is 2.35. The van der Waals surface area contributed by atoms with Gasteiger partial charge in [0.2, 0.25) is 0 Å². The second-order valence-electron chi connectivity index (χ2n) is 4.31. The van der Waals surface area contributed by atoms with Crippen molar-refractivity contribution in [3.05, 3.63) is 33.8 Å². The lowest BCUT2D eigenvalue weighted by Crippen LogP contribution is -2.23. The average molecular weight is 300 g/mol. The Morgan fingerprint density at radius 1 is 1.50 bits per heavy atom. The van der Waals surface area contributed by atoms with E-state index in [2.05, 4.69) is 65.1 Å². The largest absolute Gasteiger partial charge is 0.310 e. The third-order valence-corrected chi connectivity index (χ3v) is 4.76. The van der Waals surface area contributed by atoms with E-state index in [1.54, 1.807) is 0 Å². The van der Waals surface area contributed by atoms with Crippen molar-refractivity contribution in [2.45, 2.75) is 37.3 Å². The normalized spacial score (nSPS) is 24.9. The van der Waals surface area contributed by atoms with Crippen LogP contribution >= 0.6 is 27.7 Å². The zero-order chi connectivity index (χ0) is 11.5. The van der Waals surface area contributed by atoms with E-state index in [1.807, 2.05) is 0 Å². The van der Waals surface area contributed by atoms with E-state index in [0.717, 1.165) is 17.5 Å². The van der Waals surface area contributed by atoms with Gasteiger partial charge >= 0.3 is 0 Å². The number of halogens is 1. The van der Waals surface area contributed by atoms with E-state index < -0.39 is 0 Å². The molecule has 0 bridgehead atoms. The fourth-order valence-electron chi connectivity index (χ4n) is 2.22. The summed E-state index contributed by atoms with van der Waals surface area (Å²) in [6.07, 6.45) is 1.22. The van der Waals surface area contributed by atoms with Crippen molar-refractivity contribution in [1.82, 2.24) is 5.32 Å². The van der Waals surface area contributed by atoms with E-state index in [1.165, 1.54) is 22.0 Å². The molecule has 1 aromatic rings. The molecule has 1 aromatic carbocycles. The molecule has 1 N–H and O–H groups in total. The van der Waals surface area contributed by atoms with Crippen LogP contribution in [-0.4, -0.2) is 11.8 Å². The summed E-state index contributed by atoms with van der Waals surface area (Å²) in [5.74, 6) is 1.14. The summed E-state index contributed by atoms with van der Waals surface area (Å²) in [7, 11) is 0. The van der Waals surface area contributed by atoms with Crippen LogP contribution in [0.15, 0.2) is 22.7 Å².